The zero-order chi connectivity index (χ0) is 19.3. The third-order valence-corrected chi connectivity index (χ3v) is 4.86. The van der Waals surface area contributed by atoms with Crippen LogP contribution in [0.3, 0.4) is 0 Å². The summed E-state index contributed by atoms with van der Waals surface area (Å²) in [4.78, 5) is 4.82. The maximum atomic E-state index is 6.11. The summed E-state index contributed by atoms with van der Waals surface area (Å²) in [6, 6.07) is 8.72. The number of hydrogen-bond donors (Lipinski definition) is 2. The van der Waals surface area contributed by atoms with E-state index in [2.05, 4.69) is 55.7 Å². The zero-order valence-corrected chi connectivity index (χ0v) is 17.3. The first-order chi connectivity index (χ1) is 13.2. The molecule has 27 heavy (non-hydrogen) atoms. The fourth-order valence-corrected chi connectivity index (χ4v) is 3.30. The Morgan fingerprint density at radius 2 is 2.00 bits per heavy atom. The van der Waals surface area contributed by atoms with Gasteiger partial charge in [0, 0.05) is 38.8 Å². The Hall–Kier alpha value is -1.59. The molecule has 0 aromatic heterocycles. The van der Waals surface area contributed by atoms with Crippen molar-refractivity contribution >= 4 is 5.96 Å². The number of hydrogen-bond acceptors (Lipinski definition) is 3. The van der Waals surface area contributed by atoms with Crippen molar-refractivity contribution in [2.24, 2.45) is 10.9 Å². The van der Waals surface area contributed by atoms with Gasteiger partial charge in [0.25, 0.3) is 0 Å². The molecule has 0 bridgehead atoms. The van der Waals surface area contributed by atoms with E-state index in [1.807, 2.05) is 0 Å². The predicted molar refractivity (Wildman–Crippen MR) is 112 cm³/mol. The second kappa shape index (κ2) is 12.7. The Labute approximate surface area is 164 Å². The zero-order valence-electron chi connectivity index (χ0n) is 17.3. The van der Waals surface area contributed by atoms with Crippen LogP contribution in [0.2, 0.25) is 0 Å². The van der Waals surface area contributed by atoms with Gasteiger partial charge in [0.05, 0.1) is 12.7 Å². The fourth-order valence-electron chi connectivity index (χ4n) is 3.30. The number of benzene rings is 1. The Kier molecular flexibility index (Phi) is 10.2. The maximum absolute atomic E-state index is 6.11. The van der Waals surface area contributed by atoms with Gasteiger partial charge in [-0.1, -0.05) is 43.2 Å². The molecule has 5 heteroatoms. The monoisotopic (exact) mass is 375 g/mol. The smallest absolute Gasteiger partial charge is 0.191 e. The summed E-state index contributed by atoms with van der Waals surface area (Å²) in [6.07, 6.45) is 4.70. The van der Waals surface area contributed by atoms with Crippen molar-refractivity contribution in [2.45, 2.75) is 52.6 Å². The van der Waals surface area contributed by atoms with Gasteiger partial charge in [-0.05, 0) is 38.7 Å². The van der Waals surface area contributed by atoms with Gasteiger partial charge in [0.15, 0.2) is 5.96 Å². The van der Waals surface area contributed by atoms with Crippen LogP contribution in [0.1, 0.15) is 56.8 Å². The molecule has 1 aliphatic rings. The molecule has 1 aromatic rings. The number of aryl methyl sites for hydroxylation is 1. The first-order valence-corrected chi connectivity index (χ1v) is 10.5. The van der Waals surface area contributed by atoms with E-state index >= 15 is 0 Å². The highest BCUT2D eigenvalue weighted by Gasteiger charge is 2.27. The second-order valence-electron chi connectivity index (χ2n) is 7.22. The van der Waals surface area contributed by atoms with E-state index in [-0.39, 0.29) is 6.10 Å². The second-order valence-corrected chi connectivity index (χ2v) is 7.22. The van der Waals surface area contributed by atoms with Crippen molar-refractivity contribution in [2.75, 3.05) is 39.5 Å². The minimum Gasteiger partial charge on any atom is -0.380 e. The van der Waals surface area contributed by atoms with Crippen molar-refractivity contribution in [3.63, 3.8) is 0 Å². The SMILES string of the molecule is CCCCOCCNC(=NCC1CCCOC1c1ccc(C)cc1)NCC. The molecular formula is C22H37N3O2. The molecule has 0 amide bonds. The van der Waals surface area contributed by atoms with Gasteiger partial charge in [-0.3, -0.25) is 4.99 Å². The maximum Gasteiger partial charge on any atom is 0.191 e. The summed E-state index contributed by atoms with van der Waals surface area (Å²) < 4.78 is 11.7. The Morgan fingerprint density at radius 3 is 2.74 bits per heavy atom. The molecule has 2 unspecified atom stereocenters. The molecular weight excluding hydrogens is 338 g/mol. The molecule has 0 radical (unpaired) electrons. The Bertz CT molecular complexity index is 545. The van der Waals surface area contributed by atoms with Gasteiger partial charge in [0.1, 0.15) is 0 Å². The number of rotatable bonds is 10. The van der Waals surface area contributed by atoms with Gasteiger partial charge in [0.2, 0.25) is 0 Å². The van der Waals surface area contributed by atoms with Gasteiger partial charge in [-0.25, -0.2) is 0 Å². The summed E-state index contributed by atoms with van der Waals surface area (Å²) >= 11 is 0. The largest absolute Gasteiger partial charge is 0.380 e. The van der Waals surface area contributed by atoms with Crippen molar-refractivity contribution < 1.29 is 9.47 Å². The third kappa shape index (κ3) is 7.89. The lowest BCUT2D eigenvalue weighted by atomic mass is 9.89. The summed E-state index contributed by atoms with van der Waals surface area (Å²) in [5.74, 6) is 1.28. The predicted octanol–water partition coefficient (Wildman–Crippen LogP) is 3.83. The molecule has 0 spiro atoms. The molecule has 1 saturated heterocycles. The highest BCUT2D eigenvalue weighted by atomic mass is 16.5. The highest BCUT2D eigenvalue weighted by Crippen LogP contribution is 2.33. The molecule has 1 aliphatic heterocycles. The first kappa shape index (κ1) is 21.7. The topological polar surface area (TPSA) is 54.9 Å². The van der Waals surface area contributed by atoms with Crippen LogP contribution in [0, 0.1) is 12.8 Å². The molecule has 2 atom stereocenters. The number of unbranched alkanes of at least 4 members (excludes halogenated alkanes) is 1. The molecule has 1 heterocycles. The Morgan fingerprint density at radius 1 is 1.19 bits per heavy atom. The first-order valence-electron chi connectivity index (χ1n) is 10.5. The lowest BCUT2D eigenvalue weighted by Gasteiger charge is -2.31. The molecule has 1 fully saturated rings. The van der Waals surface area contributed by atoms with Gasteiger partial charge < -0.3 is 20.1 Å². The fraction of sp³-hybridized carbons (Fsp3) is 0.682. The third-order valence-electron chi connectivity index (χ3n) is 4.86. The summed E-state index contributed by atoms with van der Waals surface area (Å²) in [6.45, 7) is 11.2. The van der Waals surface area contributed by atoms with E-state index < -0.39 is 0 Å². The van der Waals surface area contributed by atoms with E-state index in [1.54, 1.807) is 0 Å². The normalized spacial score (nSPS) is 20.5. The van der Waals surface area contributed by atoms with E-state index in [4.69, 9.17) is 14.5 Å². The van der Waals surface area contributed by atoms with Crippen LogP contribution in [-0.2, 0) is 9.47 Å². The average Bonchev–Trinajstić information content (AvgIpc) is 2.69. The van der Waals surface area contributed by atoms with Crippen LogP contribution in [0.25, 0.3) is 0 Å². The molecule has 0 aliphatic carbocycles. The Balaban J connectivity index is 1.88. The van der Waals surface area contributed by atoms with Crippen molar-refractivity contribution in [3.05, 3.63) is 35.4 Å². The van der Waals surface area contributed by atoms with Gasteiger partial charge in [-0.2, -0.15) is 0 Å². The number of nitrogens with zero attached hydrogens (tertiary/aromatic N) is 1. The number of nitrogens with one attached hydrogen (secondary N) is 2. The average molecular weight is 376 g/mol. The molecule has 2 rings (SSSR count). The van der Waals surface area contributed by atoms with Crippen LogP contribution >= 0.6 is 0 Å². The minimum atomic E-state index is 0.142. The van der Waals surface area contributed by atoms with E-state index in [9.17, 15) is 0 Å². The van der Waals surface area contributed by atoms with Crippen LogP contribution in [0.15, 0.2) is 29.3 Å². The molecule has 152 valence electrons. The quantitative estimate of drug-likeness (QED) is 0.371. The van der Waals surface area contributed by atoms with Gasteiger partial charge in [-0.15, -0.1) is 0 Å². The molecule has 5 nitrogen and oxygen atoms in total. The van der Waals surface area contributed by atoms with E-state index in [1.165, 1.54) is 17.5 Å². The lowest BCUT2D eigenvalue weighted by molar-refractivity contribution is -0.0250. The summed E-state index contributed by atoms with van der Waals surface area (Å²) in [7, 11) is 0. The van der Waals surface area contributed by atoms with Crippen molar-refractivity contribution in [3.8, 4) is 0 Å². The minimum absolute atomic E-state index is 0.142. The molecule has 1 aromatic carbocycles. The van der Waals surface area contributed by atoms with Crippen LogP contribution in [0.5, 0.6) is 0 Å². The standard InChI is InChI=1S/C22H37N3O2/c1-4-6-14-26-16-13-24-22(23-5-2)25-17-20-8-7-15-27-21(20)19-11-9-18(3)10-12-19/h9-12,20-21H,4-8,13-17H2,1-3H3,(H2,23,24,25). The highest BCUT2D eigenvalue weighted by molar-refractivity contribution is 5.79. The number of aliphatic imine (C=N–C) groups is 1. The lowest BCUT2D eigenvalue weighted by Crippen LogP contribution is -2.39. The molecule has 2 N–H and O–H groups in total. The number of guanidine groups is 1. The van der Waals surface area contributed by atoms with Crippen molar-refractivity contribution in [1.82, 2.24) is 10.6 Å². The molecule has 0 saturated carbocycles. The van der Waals surface area contributed by atoms with E-state index in [0.717, 1.165) is 58.1 Å². The number of ether oxygens (including phenoxy) is 2. The van der Waals surface area contributed by atoms with Crippen LogP contribution in [-0.4, -0.2) is 45.4 Å². The van der Waals surface area contributed by atoms with Crippen LogP contribution < -0.4 is 10.6 Å². The summed E-state index contributed by atoms with van der Waals surface area (Å²) in [5.41, 5.74) is 2.55. The summed E-state index contributed by atoms with van der Waals surface area (Å²) in [5, 5.41) is 6.70. The van der Waals surface area contributed by atoms with Crippen LogP contribution in [0.4, 0.5) is 0 Å². The van der Waals surface area contributed by atoms with Gasteiger partial charge >= 0.3 is 0 Å². The van der Waals surface area contributed by atoms with E-state index in [0.29, 0.717) is 12.5 Å². The van der Waals surface area contributed by atoms with Crippen molar-refractivity contribution in [1.29, 1.82) is 0 Å².